The number of nitrogens with zero attached hydrogens (tertiary/aromatic N) is 1. The molecule has 1 aromatic carbocycles. The number of hydrogen-bond acceptors (Lipinski definition) is 2. The molecule has 0 bridgehead atoms. The Bertz CT molecular complexity index is 556. The van der Waals surface area contributed by atoms with E-state index in [9.17, 15) is 9.18 Å². The lowest BCUT2D eigenvalue weighted by molar-refractivity contribution is -0.116. The maximum absolute atomic E-state index is 13.1. The molecule has 0 aromatic heterocycles. The van der Waals surface area contributed by atoms with Crippen molar-refractivity contribution in [2.45, 2.75) is 25.8 Å². The lowest BCUT2D eigenvalue weighted by atomic mass is 10.1. The predicted octanol–water partition coefficient (Wildman–Crippen LogP) is 2.65. The molecule has 98 valence electrons. The number of halogens is 1. The summed E-state index contributed by atoms with van der Waals surface area (Å²) in [5.74, 6) is -0.351. The summed E-state index contributed by atoms with van der Waals surface area (Å²) >= 11 is 0. The van der Waals surface area contributed by atoms with Gasteiger partial charge < -0.3 is 5.32 Å². The zero-order valence-electron chi connectivity index (χ0n) is 10.7. The molecule has 1 saturated carbocycles. The van der Waals surface area contributed by atoms with Crippen molar-refractivity contribution in [3.05, 3.63) is 41.7 Å². The van der Waals surface area contributed by atoms with Crippen molar-refractivity contribution >= 4 is 11.5 Å². The van der Waals surface area contributed by atoms with E-state index in [-0.39, 0.29) is 17.6 Å². The van der Waals surface area contributed by atoms with Crippen LogP contribution in [0.2, 0.25) is 0 Å². The third-order valence-corrected chi connectivity index (χ3v) is 3.16. The van der Waals surface area contributed by atoms with E-state index in [4.69, 9.17) is 5.26 Å². The number of carbonyl (C=O) groups excluding carboxylic acids is 1. The Morgan fingerprint density at radius 1 is 1.58 bits per heavy atom. The molecular formula is C15H15FN2O. The minimum absolute atomic E-state index is 0.289. The Kier molecular flexibility index (Phi) is 3.96. The second kappa shape index (κ2) is 5.66. The van der Waals surface area contributed by atoms with Crippen LogP contribution in [-0.2, 0) is 4.79 Å². The van der Waals surface area contributed by atoms with E-state index in [1.165, 1.54) is 18.2 Å². The Morgan fingerprint density at radius 3 is 2.89 bits per heavy atom. The molecule has 0 aliphatic heterocycles. The third-order valence-electron chi connectivity index (χ3n) is 3.16. The fourth-order valence-electron chi connectivity index (χ4n) is 1.89. The van der Waals surface area contributed by atoms with Crippen LogP contribution in [0.3, 0.4) is 0 Å². The molecule has 0 saturated heterocycles. The van der Waals surface area contributed by atoms with Crippen LogP contribution in [0, 0.1) is 23.1 Å². The normalized spacial score (nSPS) is 16.6. The highest BCUT2D eigenvalue weighted by Crippen LogP contribution is 2.32. The molecule has 0 radical (unpaired) electrons. The number of benzene rings is 1. The molecule has 4 heteroatoms. The van der Waals surface area contributed by atoms with Gasteiger partial charge in [0.15, 0.2) is 0 Å². The molecule has 1 aliphatic carbocycles. The molecule has 1 unspecified atom stereocenters. The first-order chi connectivity index (χ1) is 9.10. The maximum atomic E-state index is 13.1. The summed E-state index contributed by atoms with van der Waals surface area (Å²) in [6, 6.07) is 7.76. The maximum Gasteiger partial charge on any atom is 0.245 e. The van der Waals surface area contributed by atoms with E-state index in [0.29, 0.717) is 11.1 Å². The third kappa shape index (κ3) is 3.65. The lowest BCUT2D eigenvalue weighted by Crippen LogP contribution is -2.34. The van der Waals surface area contributed by atoms with Gasteiger partial charge in [-0.3, -0.25) is 4.79 Å². The van der Waals surface area contributed by atoms with E-state index in [1.54, 1.807) is 19.1 Å². The van der Waals surface area contributed by atoms with Gasteiger partial charge in [0.2, 0.25) is 5.91 Å². The van der Waals surface area contributed by atoms with Gasteiger partial charge in [-0.05, 0) is 49.0 Å². The molecule has 2 rings (SSSR count). The number of nitrogens with one attached hydrogen (secondary N) is 1. The van der Waals surface area contributed by atoms with Crippen LogP contribution in [-0.4, -0.2) is 11.9 Å². The zero-order chi connectivity index (χ0) is 13.8. The van der Waals surface area contributed by atoms with E-state index >= 15 is 0 Å². The molecular weight excluding hydrogens is 243 g/mol. The number of amides is 1. The fourth-order valence-corrected chi connectivity index (χ4v) is 1.89. The molecule has 1 fully saturated rings. The van der Waals surface area contributed by atoms with E-state index < -0.39 is 6.04 Å². The molecule has 1 aromatic rings. The summed E-state index contributed by atoms with van der Waals surface area (Å²) in [6.45, 7) is 1.74. The van der Waals surface area contributed by atoms with Gasteiger partial charge in [-0.2, -0.15) is 5.26 Å². The highest BCUT2D eigenvalue weighted by atomic mass is 19.1. The minimum atomic E-state index is -0.413. The summed E-state index contributed by atoms with van der Waals surface area (Å²) in [6.07, 6.45) is 3.39. The fraction of sp³-hybridized carbons (Fsp3) is 0.333. The number of nitriles is 1. The van der Waals surface area contributed by atoms with Crippen molar-refractivity contribution in [2.24, 2.45) is 5.92 Å². The second-order valence-electron chi connectivity index (χ2n) is 4.79. The molecule has 1 N–H and O–H groups in total. The van der Waals surface area contributed by atoms with Gasteiger partial charge in [-0.15, -0.1) is 0 Å². The first-order valence-electron chi connectivity index (χ1n) is 6.24. The molecule has 1 aliphatic rings. The quantitative estimate of drug-likeness (QED) is 0.844. The Morgan fingerprint density at radius 2 is 2.32 bits per heavy atom. The van der Waals surface area contributed by atoms with Gasteiger partial charge in [0.1, 0.15) is 11.9 Å². The van der Waals surface area contributed by atoms with Crippen LogP contribution < -0.4 is 5.32 Å². The Hall–Kier alpha value is -2.15. The second-order valence-corrected chi connectivity index (χ2v) is 4.79. The van der Waals surface area contributed by atoms with E-state index in [1.807, 2.05) is 0 Å². The van der Waals surface area contributed by atoms with E-state index in [0.717, 1.165) is 12.8 Å². The smallest absolute Gasteiger partial charge is 0.245 e. The molecule has 0 heterocycles. The summed E-state index contributed by atoms with van der Waals surface area (Å²) in [5.41, 5.74) is 1.33. The van der Waals surface area contributed by atoms with Gasteiger partial charge in [0.05, 0.1) is 6.07 Å². The van der Waals surface area contributed by atoms with Crippen molar-refractivity contribution in [2.75, 3.05) is 0 Å². The molecule has 1 amide bonds. The van der Waals surface area contributed by atoms with Crippen molar-refractivity contribution < 1.29 is 9.18 Å². The molecule has 3 nitrogen and oxygen atoms in total. The van der Waals surface area contributed by atoms with Crippen LogP contribution in [0.4, 0.5) is 4.39 Å². The van der Waals surface area contributed by atoms with Crippen LogP contribution in [0.15, 0.2) is 30.3 Å². The SMILES string of the molecule is CC(=CC(=O)NC(C#N)C1CC1)c1cccc(F)c1. The number of allylic oxidation sites excluding steroid dienone is 1. The standard InChI is InChI=1S/C15H15FN2O/c1-10(12-3-2-4-13(16)8-12)7-15(19)18-14(9-17)11-5-6-11/h2-4,7-8,11,14H,5-6H2,1H3,(H,18,19). The Labute approximate surface area is 111 Å². The van der Waals surface area contributed by atoms with Gasteiger partial charge in [0, 0.05) is 6.08 Å². The van der Waals surface area contributed by atoms with Crippen LogP contribution >= 0.6 is 0 Å². The number of hydrogen-bond donors (Lipinski definition) is 1. The van der Waals surface area contributed by atoms with Gasteiger partial charge in [0.25, 0.3) is 0 Å². The minimum Gasteiger partial charge on any atom is -0.337 e. The summed E-state index contributed by atoms with van der Waals surface area (Å²) < 4.78 is 13.1. The average molecular weight is 258 g/mol. The summed E-state index contributed by atoms with van der Waals surface area (Å²) in [7, 11) is 0. The zero-order valence-corrected chi connectivity index (χ0v) is 10.7. The summed E-state index contributed by atoms with van der Waals surface area (Å²) in [5, 5.41) is 11.6. The van der Waals surface area contributed by atoms with Gasteiger partial charge in [-0.1, -0.05) is 12.1 Å². The van der Waals surface area contributed by atoms with Crippen LogP contribution in [0.25, 0.3) is 5.57 Å². The van der Waals surface area contributed by atoms with Crippen molar-refractivity contribution in [3.63, 3.8) is 0 Å². The highest BCUT2D eigenvalue weighted by Gasteiger charge is 2.31. The first kappa shape index (κ1) is 13.3. The average Bonchev–Trinajstić information content (AvgIpc) is 3.20. The molecule has 19 heavy (non-hydrogen) atoms. The van der Waals surface area contributed by atoms with Crippen molar-refractivity contribution in [1.29, 1.82) is 5.26 Å². The van der Waals surface area contributed by atoms with Gasteiger partial charge in [-0.25, -0.2) is 4.39 Å². The van der Waals surface area contributed by atoms with Crippen molar-refractivity contribution in [1.82, 2.24) is 5.32 Å². The van der Waals surface area contributed by atoms with Crippen LogP contribution in [0.1, 0.15) is 25.3 Å². The lowest BCUT2D eigenvalue weighted by Gasteiger charge is -2.08. The molecule has 0 spiro atoms. The predicted molar refractivity (Wildman–Crippen MR) is 70.3 cm³/mol. The first-order valence-corrected chi connectivity index (χ1v) is 6.24. The summed E-state index contributed by atoms with van der Waals surface area (Å²) in [4.78, 5) is 11.8. The number of rotatable bonds is 4. The van der Waals surface area contributed by atoms with Crippen LogP contribution in [0.5, 0.6) is 0 Å². The Balaban J connectivity index is 2.03. The number of carbonyl (C=O) groups is 1. The van der Waals surface area contributed by atoms with Gasteiger partial charge >= 0.3 is 0 Å². The topological polar surface area (TPSA) is 52.9 Å². The highest BCUT2D eigenvalue weighted by molar-refractivity contribution is 5.95. The van der Waals surface area contributed by atoms with Crippen molar-refractivity contribution in [3.8, 4) is 6.07 Å². The van der Waals surface area contributed by atoms with E-state index in [2.05, 4.69) is 11.4 Å². The molecule has 1 atom stereocenters. The monoisotopic (exact) mass is 258 g/mol. The largest absolute Gasteiger partial charge is 0.337 e.